The highest BCUT2D eigenvalue weighted by atomic mass is 19.1. The van der Waals surface area contributed by atoms with Crippen molar-refractivity contribution in [3.8, 4) is 17.2 Å². The second-order valence-electron chi connectivity index (χ2n) is 6.98. The van der Waals surface area contributed by atoms with E-state index < -0.39 is 23.9 Å². The molecule has 0 atom stereocenters. The van der Waals surface area contributed by atoms with Crippen LogP contribution in [0.4, 0.5) is 14.9 Å². The third kappa shape index (κ3) is 3.82. The normalized spacial score (nSPS) is 15.1. The highest BCUT2D eigenvalue weighted by Crippen LogP contribution is 2.42. The van der Waals surface area contributed by atoms with Crippen LogP contribution in [0.3, 0.4) is 0 Å². The fourth-order valence-corrected chi connectivity index (χ4v) is 3.34. The molecule has 0 saturated carbocycles. The molecule has 0 aliphatic carbocycles. The van der Waals surface area contributed by atoms with Gasteiger partial charge in [-0.25, -0.2) is 14.1 Å². The Hall–Kier alpha value is -2.95. The van der Waals surface area contributed by atoms with Gasteiger partial charge in [0.05, 0.1) is 11.3 Å². The summed E-state index contributed by atoms with van der Waals surface area (Å²) in [5.74, 6) is -0.584. The Morgan fingerprint density at radius 1 is 1.21 bits per heavy atom. The first-order chi connectivity index (χ1) is 13.8. The maximum Gasteiger partial charge on any atom is 0.419 e. The van der Waals surface area contributed by atoms with Gasteiger partial charge in [0, 0.05) is 24.3 Å². The number of benzene rings is 2. The fraction of sp³-hybridized carbons (Fsp3) is 0.364. The zero-order valence-corrected chi connectivity index (χ0v) is 16.9. The summed E-state index contributed by atoms with van der Waals surface area (Å²) in [6.07, 6.45) is -1.52. The number of amides is 1. The number of hydrogen-bond donors (Lipinski definition) is 0. The molecule has 0 fully saturated rings. The number of cyclic esters (lactones) is 1. The Bertz CT molecular complexity index is 962. The van der Waals surface area contributed by atoms with Gasteiger partial charge in [-0.1, -0.05) is 18.2 Å². The molecule has 7 heteroatoms. The van der Waals surface area contributed by atoms with Crippen molar-refractivity contribution >= 4 is 11.8 Å². The van der Waals surface area contributed by atoms with Gasteiger partial charge in [-0.05, 0) is 51.5 Å². The quantitative estimate of drug-likeness (QED) is 0.647. The third-order valence-electron chi connectivity index (χ3n) is 4.70. The van der Waals surface area contributed by atoms with Crippen LogP contribution in [0.5, 0.6) is 0 Å². The van der Waals surface area contributed by atoms with Crippen LogP contribution >= 0.6 is 0 Å². The summed E-state index contributed by atoms with van der Waals surface area (Å²) < 4.78 is 31.5. The smallest absolute Gasteiger partial charge is 0.419 e. The van der Waals surface area contributed by atoms with Gasteiger partial charge in [0.2, 0.25) is 6.41 Å². The van der Waals surface area contributed by atoms with Crippen LogP contribution in [0.15, 0.2) is 36.4 Å². The molecule has 1 aliphatic heterocycles. The van der Waals surface area contributed by atoms with Gasteiger partial charge in [-0.2, -0.15) is 5.26 Å². The summed E-state index contributed by atoms with van der Waals surface area (Å²) in [7, 11) is 0. The van der Waals surface area contributed by atoms with Crippen LogP contribution in [0.25, 0.3) is 11.1 Å². The number of anilines is 1. The Morgan fingerprint density at radius 2 is 1.90 bits per heavy atom. The van der Waals surface area contributed by atoms with Gasteiger partial charge in [0.25, 0.3) is 0 Å². The van der Waals surface area contributed by atoms with E-state index in [2.05, 4.69) is 0 Å². The zero-order chi connectivity index (χ0) is 21.2. The molecule has 0 unspecified atom stereocenters. The highest BCUT2D eigenvalue weighted by Gasteiger charge is 2.42. The van der Waals surface area contributed by atoms with Crippen molar-refractivity contribution in [1.82, 2.24) is 0 Å². The zero-order valence-electron chi connectivity index (χ0n) is 16.9. The van der Waals surface area contributed by atoms with Crippen LogP contribution in [0, 0.1) is 17.1 Å². The summed E-state index contributed by atoms with van der Waals surface area (Å²) in [6, 6.07) is 11.7. The van der Waals surface area contributed by atoms with E-state index in [0.717, 1.165) is 0 Å². The predicted octanol–water partition coefficient (Wildman–Crippen LogP) is 4.91. The largest absolute Gasteiger partial charge is 0.438 e. The van der Waals surface area contributed by atoms with E-state index in [4.69, 9.17) is 19.5 Å². The first kappa shape index (κ1) is 20.8. The minimum Gasteiger partial charge on any atom is -0.438 e. The van der Waals surface area contributed by atoms with Gasteiger partial charge in [0.1, 0.15) is 17.5 Å². The SMILES string of the molecule is CCOC(OCC)N1C(=O)OC(C)(C)c2cc(-c3cccc(C#N)c3F)ccc21. The van der Waals surface area contributed by atoms with Crippen LogP contribution in [-0.4, -0.2) is 25.7 Å². The molecule has 1 heterocycles. The minimum atomic E-state index is -0.939. The van der Waals surface area contributed by atoms with E-state index in [9.17, 15) is 9.18 Å². The number of rotatable bonds is 6. The molecule has 1 amide bonds. The number of halogens is 1. The van der Waals surface area contributed by atoms with E-state index in [1.807, 2.05) is 6.07 Å². The topological polar surface area (TPSA) is 71.8 Å². The van der Waals surface area contributed by atoms with Crippen LogP contribution in [0.1, 0.15) is 38.8 Å². The molecular formula is C22H23FN2O4. The Morgan fingerprint density at radius 3 is 2.52 bits per heavy atom. The van der Waals surface area contributed by atoms with Gasteiger partial charge < -0.3 is 14.2 Å². The molecule has 2 aromatic rings. The minimum absolute atomic E-state index is 0.0275. The molecule has 0 N–H and O–H groups in total. The van der Waals surface area contributed by atoms with Crippen molar-refractivity contribution in [3.05, 3.63) is 53.3 Å². The maximum atomic E-state index is 14.7. The fourth-order valence-electron chi connectivity index (χ4n) is 3.34. The number of nitriles is 1. The molecule has 29 heavy (non-hydrogen) atoms. The molecule has 1 aliphatic rings. The van der Waals surface area contributed by atoms with Gasteiger partial charge in [-0.3, -0.25) is 0 Å². The average molecular weight is 398 g/mol. The van der Waals surface area contributed by atoms with Gasteiger partial charge in [-0.15, -0.1) is 0 Å². The summed E-state index contributed by atoms with van der Waals surface area (Å²) in [5.41, 5.74) is 1.16. The standard InChI is InChI=1S/C22H23FN2O4/c1-5-27-21(28-6-2)25-18-11-10-14(12-17(18)22(3,4)29-20(25)26)16-9-7-8-15(13-24)19(16)23/h7-12,21H,5-6H2,1-4H3. The maximum absolute atomic E-state index is 14.7. The summed E-state index contributed by atoms with van der Waals surface area (Å²) in [6.45, 7) is 7.84. The lowest BCUT2D eigenvalue weighted by Gasteiger charge is -2.41. The van der Waals surface area contributed by atoms with Crippen LogP contribution in [0.2, 0.25) is 0 Å². The molecule has 3 rings (SSSR count). The molecule has 152 valence electrons. The highest BCUT2D eigenvalue weighted by molar-refractivity contribution is 5.92. The van der Waals surface area contributed by atoms with Crippen LogP contribution in [-0.2, 0) is 19.8 Å². The van der Waals surface area contributed by atoms with Gasteiger partial charge in [0.15, 0.2) is 0 Å². The number of carbonyl (C=O) groups excluding carboxylic acids is 1. The molecule has 0 bridgehead atoms. The molecular weight excluding hydrogens is 375 g/mol. The molecule has 0 saturated heterocycles. The predicted molar refractivity (Wildman–Crippen MR) is 106 cm³/mol. The van der Waals surface area contributed by atoms with E-state index in [1.165, 1.54) is 11.0 Å². The average Bonchev–Trinajstić information content (AvgIpc) is 2.68. The second-order valence-corrected chi connectivity index (χ2v) is 6.98. The van der Waals surface area contributed by atoms with Crippen molar-refractivity contribution in [2.24, 2.45) is 0 Å². The van der Waals surface area contributed by atoms with E-state index in [1.54, 1.807) is 58.0 Å². The molecule has 0 spiro atoms. The Kier molecular flexibility index (Phi) is 5.87. The lowest BCUT2D eigenvalue weighted by molar-refractivity contribution is -0.137. The van der Waals surface area contributed by atoms with Crippen molar-refractivity contribution in [3.63, 3.8) is 0 Å². The second kappa shape index (κ2) is 8.19. The number of carbonyl (C=O) groups is 1. The molecule has 0 radical (unpaired) electrons. The van der Waals surface area contributed by atoms with Crippen molar-refractivity contribution in [2.45, 2.75) is 39.7 Å². The van der Waals surface area contributed by atoms with E-state index in [-0.39, 0.29) is 5.56 Å². The number of ether oxygens (including phenoxy) is 3. The summed E-state index contributed by atoms with van der Waals surface area (Å²) >= 11 is 0. The van der Waals surface area contributed by atoms with Crippen molar-refractivity contribution in [2.75, 3.05) is 18.1 Å². The van der Waals surface area contributed by atoms with E-state index in [0.29, 0.717) is 35.6 Å². The lowest BCUT2D eigenvalue weighted by Crippen LogP contribution is -2.50. The number of nitrogens with zero attached hydrogens (tertiary/aromatic N) is 2. The molecule has 6 nitrogen and oxygen atoms in total. The number of fused-ring (bicyclic) bond motifs is 1. The first-order valence-corrected chi connectivity index (χ1v) is 9.43. The molecule has 2 aromatic carbocycles. The van der Waals surface area contributed by atoms with Crippen molar-refractivity contribution < 1.29 is 23.4 Å². The first-order valence-electron chi connectivity index (χ1n) is 9.43. The third-order valence-corrected chi connectivity index (χ3v) is 4.70. The summed E-state index contributed by atoms with van der Waals surface area (Å²) in [5, 5.41) is 9.11. The summed E-state index contributed by atoms with van der Waals surface area (Å²) in [4.78, 5) is 14.0. The van der Waals surface area contributed by atoms with Crippen molar-refractivity contribution in [1.29, 1.82) is 5.26 Å². The monoisotopic (exact) mass is 398 g/mol. The Balaban J connectivity index is 2.14. The Labute approximate surface area is 169 Å². The van der Waals surface area contributed by atoms with E-state index >= 15 is 0 Å². The lowest BCUT2D eigenvalue weighted by atomic mass is 9.90. The molecule has 0 aromatic heterocycles. The van der Waals surface area contributed by atoms with Crippen LogP contribution < -0.4 is 4.90 Å². The van der Waals surface area contributed by atoms with Gasteiger partial charge >= 0.3 is 6.09 Å². The number of hydrogen-bond acceptors (Lipinski definition) is 5.